The molecule has 0 N–H and O–H groups in total. The van der Waals surface area contributed by atoms with Crippen molar-refractivity contribution in [3.63, 3.8) is 0 Å². The Morgan fingerprint density at radius 1 is 1.00 bits per heavy atom. The highest BCUT2D eigenvalue weighted by atomic mass is 15.1. The van der Waals surface area contributed by atoms with Crippen molar-refractivity contribution in [2.45, 2.75) is 45.6 Å². The fraction of sp³-hybridized carbons (Fsp3) is 0.529. The summed E-state index contributed by atoms with van der Waals surface area (Å²) in [6, 6.07) is 9.46. The fourth-order valence-corrected chi connectivity index (χ4v) is 3.23. The van der Waals surface area contributed by atoms with Gasteiger partial charge in [0.2, 0.25) is 0 Å². The van der Waals surface area contributed by atoms with Crippen LogP contribution in [0.25, 0.3) is 5.57 Å². The van der Waals surface area contributed by atoms with E-state index in [1.54, 1.807) is 11.1 Å². The van der Waals surface area contributed by atoms with Crippen molar-refractivity contribution in [2.75, 3.05) is 14.1 Å². The highest BCUT2D eigenvalue weighted by molar-refractivity contribution is 5.78. The molecule has 1 aromatic rings. The van der Waals surface area contributed by atoms with Crippen molar-refractivity contribution < 1.29 is 0 Å². The molecule has 1 nitrogen and oxygen atoms in total. The van der Waals surface area contributed by atoms with E-state index < -0.39 is 0 Å². The van der Waals surface area contributed by atoms with E-state index in [4.69, 9.17) is 0 Å². The normalized spacial score (nSPS) is 18.6. The average Bonchev–Trinajstić information content (AvgIpc) is 2.65. The van der Waals surface area contributed by atoms with E-state index in [0.717, 1.165) is 0 Å². The lowest BCUT2D eigenvalue weighted by Gasteiger charge is -2.24. The maximum absolute atomic E-state index is 2.37. The Labute approximate surface area is 112 Å². The highest BCUT2D eigenvalue weighted by Gasteiger charge is 2.30. The molecule has 2 rings (SSSR count). The smallest absolute Gasteiger partial charge is 0.0568 e. The van der Waals surface area contributed by atoms with Crippen molar-refractivity contribution in [3.8, 4) is 0 Å². The first kappa shape index (κ1) is 13.4. The molecule has 0 saturated carbocycles. The molecule has 1 aliphatic carbocycles. The second-order valence-electron chi connectivity index (χ2n) is 5.46. The van der Waals surface area contributed by atoms with Gasteiger partial charge in [0, 0.05) is 0 Å². The van der Waals surface area contributed by atoms with E-state index in [9.17, 15) is 0 Å². The zero-order valence-electron chi connectivity index (χ0n) is 12.2. The van der Waals surface area contributed by atoms with Crippen LogP contribution in [0.4, 0.5) is 0 Å². The van der Waals surface area contributed by atoms with E-state index in [0.29, 0.717) is 6.04 Å². The molecule has 0 aromatic heterocycles. The Hall–Kier alpha value is -1.08. The van der Waals surface area contributed by atoms with Gasteiger partial charge in [0.05, 0.1) is 6.04 Å². The highest BCUT2D eigenvalue weighted by Crippen LogP contribution is 2.46. The van der Waals surface area contributed by atoms with Gasteiger partial charge in [0.15, 0.2) is 0 Å². The van der Waals surface area contributed by atoms with Gasteiger partial charge in [0.1, 0.15) is 0 Å². The van der Waals surface area contributed by atoms with Crippen LogP contribution < -0.4 is 0 Å². The van der Waals surface area contributed by atoms with Crippen LogP contribution in [-0.4, -0.2) is 19.0 Å². The lowest BCUT2D eigenvalue weighted by atomic mass is 9.98. The quantitative estimate of drug-likeness (QED) is 0.727. The fourth-order valence-electron chi connectivity index (χ4n) is 3.23. The van der Waals surface area contributed by atoms with E-state index in [1.165, 1.54) is 36.8 Å². The largest absolute Gasteiger partial charge is 0.299 e. The van der Waals surface area contributed by atoms with Gasteiger partial charge >= 0.3 is 0 Å². The van der Waals surface area contributed by atoms with Crippen molar-refractivity contribution >= 4 is 5.57 Å². The summed E-state index contributed by atoms with van der Waals surface area (Å²) in [4.78, 5) is 2.37. The lowest BCUT2D eigenvalue weighted by molar-refractivity contribution is 0.335. The van der Waals surface area contributed by atoms with Crippen molar-refractivity contribution in [1.82, 2.24) is 4.90 Å². The van der Waals surface area contributed by atoms with Crippen molar-refractivity contribution in [2.24, 2.45) is 0 Å². The minimum absolute atomic E-state index is 0.502. The summed E-state index contributed by atoms with van der Waals surface area (Å²) < 4.78 is 0. The Balaban J connectivity index is 2.51. The van der Waals surface area contributed by atoms with Crippen molar-refractivity contribution in [3.05, 3.63) is 41.0 Å². The molecule has 0 amide bonds. The number of allylic oxidation sites excluding steroid dienone is 1. The number of nitrogens with zero attached hydrogens (tertiary/aromatic N) is 1. The van der Waals surface area contributed by atoms with Gasteiger partial charge in [-0.1, -0.05) is 51.0 Å². The van der Waals surface area contributed by atoms with Gasteiger partial charge in [-0.15, -0.1) is 0 Å². The molecule has 1 atom stereocenters. The van der Waals surface area contributed by atoms with Gasteiger partial charge in [-0.05, 0) is 49.2 Å². The molecule has 0 spiro atoms. The molecule has 1 heteroatoms. The standard InChI is InChI=1S/C17H25N/c1-5-9-13-14-11-7-8-12-16(14)17(18(3)4)15(13)10-6-2/h7-8,11-12,17H,5-6,9-10H2,1-4H3. The van der Waals surface area contributed by atoms with Gasteiger partial charge in [0.25, 0.3) is 0 Å². The number of likely N-dealkylation sites (N-methyl/N-ethyl adjacent to an activating group) is 1. The first-order chi connectivity index (χ1) is 8.70. The van der Waals surface area contributed by atoms with Crippen molar-refractivity contribution in [1.29, 1.82) is 0 Å². The first-order valence-corrected chi connectivity index (χ1v) is 7.18. The lowest BCUT2D eigenvalue weighted by Crippen LogP contribution is -2.20. The predicted octanol–water partition coefficient (Wildman–Crippen LogP) is 4.66. The molecular weight excluding hydrogens is 218 g/mol. The topological polar surface area (TPSA) is 3.24 Å². The second-order valence-corrected chi connectivity index (χ2v) is 5.46. The first-order valence-electron chi connectivity index (χ1n) is 7.18. The minimum Gasteiger partial charge on any atom is -0.299 e. The van der Waals surface area contributed by atoms with Crippen LogP contribution in [0.2, 0.25) is 0 Å². The number of benzene rings is 1. The van der Waals surface area contributed by atoms with Gasteiger partial charge < -0.3 is 0 Å². The van der Waals surface area contributed by atoms with Crippen LogP contribution in [0.1, 0.15) is 56.7 Å². The Morgan fingerprint density at radius 2 is 1.67 bits per heavy atom. The van der Waals surface area contributed by atoms with Crippen LogP contribution in [-0.2, 0) is 0 Å². The number of hydrogen-bond acceptors (Lipinski definition) is 1. The van der Waals surface area contributed by atoms with Gasteiger partial charge in [-0.2, -0.15) is 0 Å². The molecule has 0 saturated heterocycles. The third-order valence-electron chi connectivity index (χ3n) is 3.83. The van der Waals surface area contributed by atoms with Crippen LogP contribution in [0, 0.1) is 0 Å². The zero-order valence-corrected chi connectivity index (χ0v) is 12.2. The van der Waals surface area contributed by atoms with Crippen LogP contribution >= 0.6 is 0 Å². The summed E-state index contributed by atoms with van der Waals surface area (Å²) in [5.74, 6) is 0. The molecular formula is C17H25N. The molecule has 18 heavy (non-hydrogen) atoms. The summed E-state index contributed by atoms with van der Waals surface area (Å²) in [7, 11) is 4.40. The van der Waals surface area contributed by atoms with E-state index in [1.807, 2.05) is 0 Å². The summed E-state index contributed by atoms with van der Waals surface area (Å²) in [6.45, 7) is 4.56. The molecule has 0 radical (unpaired) electrons. The molecule has 0 bridgehead atoms. The number of rotatable bonds is 5. The van der Waals surface area contributed by atoms with E-state index in [2.05, 4.69) is 57.1 Å². The molecule has 98 valence electrons. The minimum atomic E-state index is 0.502. The van der Waals surface area contributed by atoms with Gasteiger partial charge in [-0.25, -0.2) is 0 Å². The SMILES string of the molecule is CCCC1=C(CCC)C(N(C)C)c2ccccc21. The maximum Gasteiger partial charge on any atom is 0.0568 e. The Bertz CT molecular complexity index is 443. The molecule has 1 aromatic carbocycles. The zero-order chi connectivity index (χ0) is 13.1. The third kappa shape index (κ3) is 2.24. The third-order valence-corrected chi connectivity index (χ3v) is 3.83. The molecule has 0 aliphatic heterocycles. The summed E-state index contributed by atoms with van der Waals surface area (Å²) in [6.07, 6.45) is 4.92. The summed E-state index contributed by atoms with van der Waals surface area (Å²) in [5.41, 5.74) is 6.29. The Morgan fingerprint density at radius 3 is 2.28 bits per heavy atom. The maximum atomic E-state index is 2.37. The molecule has 0 fully saturated rings. The molecule has 0 heterocycles. The van der Waals surface area contributed by atoms with E-state index >= 15 is 0 Å². The van der Waals surface area contributed by atoms with Crippen LogP contribution in [0.15, 0.2) is 29.8 Å². The summed E-state index contributed by atoms with van der Waals surface area (Å²) >= 11 is 0. The van der Waals surface area contributed by atoms with Crippen LogP contribution in [0.3, 0.4) is 0 Å². The average molecular weight is 243 g/mol. The Kier molecular flexibility index (Phi) is 4.23. The van der Waals surface area contributed by atoms with E-state index in [-0.39, 0.29) is 0 Å². The number of fused-ring (bicyclic) bond motifs is 1. The number of hydrogen-bond donors (Lipinski definition) is 0. The summed E-state index contributed by atoms with van der Waals surface area (Å²) in [5, 5.41) is 0. The monoisotopic (exact) mass is 243 g/mol. The second kappa shape index (κ2) is 5.71. The molecule has 1 aliphatic rings. The molecule has 1 unspecified atom stereocenters. The predicted molar refractivity (Wildman–Crippen MR) is 79.6 cm³/mol. The van der Waals surface area contributed by atoms with Gasteiger partial charge in [-0.3, -0.25) is 4.90 Å². The van der Waals surface area contributed by atoms with Crippen LogP contribution in [0.5, 0.6) is 0 Å².